The molecule has 0 fully saturated rings. The fraction of sp³-hybridized carbons (Fsp3) is 0.200. The molecule has 7 heavy (non-hydrogen) atoms. The first kappa shape index (κ1) is 4.72. The molecule has 0 saturated heterocycles. The Hall–Kier alpha value is -0.430. The first-order chi connectivity index (χ1) is 3.39. The molecule has 0 amide bonds. The molecule has 0 atom stereocenters. The van der Waals surface area contributed by atoms with Crippen molar-refractivity contribution in [2.24, 2.45) is 0 Å². The minimum absolute atomic E-state index is 0.475. The molecule has 1 nitrogen and oxygen atoms in total. The summed E-state index contributed by atoms with van der Waals surface area (Å²) in [6.45, 7) is 0.606. The van der Waals surface area contributed by atoms with Crippen molar-refractivity contribution in [3.05, 3.63) is 23.4 Å². The summed E-state index contributed by atoms with van der Waals surface area (Å²) in [5.74, 6) is 0. The van der Waals surface area contributed by atoms with E-state index in [1.807, 2.05) is 12.2 Å². The van der Waals surface area contributed by atoms with Gasteiger partial charge in [0.25, 0.3) is 0 Å². The Morgan fingerprint density at radius 1 is 1.71 bits per heavy atom. The van der Waals surface area contributed by atoms with Gasteiger partial charge in [-0.3, -0.25) is 0 Å². The SMILES string of the molecule is ClC1=CC=CCO1. The summed E-state index contributed by atoms with van der Waals surface area (Å²) < 4.78 is 4.82. The molecule has 1 rings (SSSR count). The van der Waals surface area contributed by atoms with Gasteiger partial charge in [-0.15, -0.1) is 0 Å². The second-order valence-electron chi connectivity index (χ2n) is 1.21. The summed E-state index contributed by atoms with van der Waals surface area (Å²) in [5.41, 5.74) is 0. The van der Waals surface area contributed by atoms with E-state index >= 15 is 0 Å². The van der Waals surface area contributed by atoms with Crippen LogP contribution < -0.4 is 0 Å². The average molecular weight is 117 g/mol. The highest BCUT2D eigenvalue weighted by Crippen LogP contribution is 2.06. The van der Waals surface area contributed by atoms with Crippen LogP contribution in [0.5, 0.6) is 0 Å². The van der Waals surface area contributed by atoms with Gasteiger partial charge in [0.15, 0.2) is 5.22 Å². The van der Waals surface area contributed by atoms with Gasteiger partial charge >= 0.3 is 0 Å². The Morgan fingerprint density at radius 2 is 2.57 bits per heavy atom. The Labute approximate surface area is 47.2 Å². The number of hydrogen-bond acceptors (Lipinski definition) is 1. The van der Waals surface area contributed by atoms with Crippen LogP contribution in [-0.2, 0) is 4.74 Å². The van der Waals surface area contributed by atoms with Crippen molar-refractivity contribution < 1.29 is 4.74 Å². The predicted molar refractivity (Wildman–Crippen MR) is 29.0 cm³/mol. The van der Waals surface area contributed by atoms with Crippen molar-refractivity contribution in [1.82, 2.24) is 0 Å². The lowest BCUT2D eigenvalue weighted by molar-refractivity contribution is 0.271. The molecule has 0 aromatic rings. The van der Waals surface area contributed by atoms with E-state index in [0.29, 0.717) is 11.8 Å². The zero-order chi connectivity index (χ0) is 5.11. The Balaban J connectivity index is 2.57. The number of halogens is 1. The van der Waals surface area contributed by atoms with Gasteiger partial charge in [-0.1, -0.05) is 6.08 Å². The molecule has 0 unspecified atom stereocenters. The highest BCUT2D eigenvalue weighted by molar-refractivity contribution is 6.28. The second-order valence-corrected chi connectivity index (χ2v) is 1.58. The number of hydrogen-bond donors (Lipinski definition) is 0. The lowest BCUT2D eigenvalue weighted by Crippen LogP contribution is -1.88. The predicted octanol–water partition coefficient (Wildman–Crippen LogP) is 1.65. The third kappa shape index (κ3) is 1.24. The molecular weight excluding hydrogens is 112 g/mol. The molecule has 1 aliphatic rings. The lowest BCUT2D eigenvalue weighted by atomic mass is 10.5. The third-order valence-electron chi connectivity index (χ3n) is 0.681. The number of ether oxygens (including phenoxy) is 1. The largest absolute Gasteiger partial charge is 0.479 e. The van der Waals surface area contributed by atoms with Crippen LogP contribution in [0.4, 0.5) is 0 Å². The quantitative estimate of drug-likeness (QED) is 0.468. The van der Waals surface area contributed by atoms with Crippen LogP contribution in [0.15, 0.2) is 23.4 Å². The van der Waals surface area contributed by atoms with Gasteiger partial charge in [0.05, 0.1) is 0 Å². The van der Waals surface area contributed by atoms with E-state index in [-0.39, 0.29) is 0 Å². The molecular formula is C5H5ClO. The molecule has 2 heteroatoms. The van der Waals surface area contributed by atoms with E-state index in [9.17, 15) is 0 Å². The van der Waals surface area contributed by atoms with E-state index in [2.05, 4.69) is 0 Å². The molecule has 0 bridgehead atoms. The highest BCUT2D eigenvalue weighted by atomic mass is 35.5. The Kier molecular flexibility index (Phi) is 1.37. The van der Waals surface area contributed by atoms with E-state index in [4.69, 9.17) is 16.3 Å². The molecule has 38 valence electrons. The Bertz CT molecular complexity index is 115. The van der Waals surface area contributed by atoms with Gasteiger partial charge in [-0.25, -0.2) is 0 Å². The number of rotatable bonds is 0. The lowest BCUT2D eigenvalue weighted by Gasteiger charge is -2.01. The monoisotopic (exact) mass is 116 g/mol. The van der Waals surface area contributed by atoms with Gasteiger partial charge in [0, 0.05) is 0 Å². The van der Waals surface area contributed by atoms with Gasteiger partial charge in [0.2, 0.25) is 0 Å². The molecule has 0 N–H and O–H groups in total. The maximum atomic E-state index is 5.40. The van der Waals surface area contributed by atoms with Crippen LogP contribution in [-0.4, -0.2) is 6.61 Å². The van der Waals surface area contributed by atoms with Crippen LogP contribution in [0.1, 0.15) is 0 Å². The van der Waals surface area contributed by atoms with Crippen molar-refractivity contribution in [2.45, 2.75) is 0 Å². The molecule has 0 aromatic heterocycles. The minimum atomic E-state index is 0.475. The fourth-order valence-corrected chi connectivity index (χ4v) is 0.511. The molecule has 0 spiro atoms. The molecule has 0 aliphatic carbocycles. The summed E-state index contributed by atoms with van der Waals surface area (Å²) >= 11 is 5.40. The molecule has 0 aromatic carbocycles. The van der Waals surface area contributed by atoms with Gasteiger partial charge in [-0.2, -0.15) is 0 Å². The van der Waals surface area contributed by atoms with Crippen molar-refractivity contribution >= 4 is 11.6 Å². The van der Waals surface area contributed by atoms with Gasteiger partial charge < -0.3 is 4.74 Å². The fourth-order valence-electron chi connectivity index (χ4n) is 0.375. The zero-order valence-electron chi connectivity index (χ0n) is 3.73. The van der Waals surface area contributed by atoms with Crippen molar-refractivity contribution in [2.75, 3.05) is 6.61 Å². The zero-order valence-corrected chi connectivity index (χ0v) is 4.48. The van der Waals surface area contributed by atoms with Gasteiger partial charge in [0.1, 0.15) is 6.61 Å². The van der Waals surface area contributed by atoms with Crippen LogP contribution >= 0.6 is 11.6 Å². The van der Waals surface area contributed by atoms with Crippen LogP contribution in [0.2, 0.25) is 0 Å². The summed E-state index contributed by atoms with van der Waals surface area (Å²) in [5, 5.41) is 0.475. The second kappa shape index (κ2) is 2.03. The van der Waals surface area contributed by atoms with Crippen LogP contribution in [0.25, 0.3) is 0 Å². The number of allylic oxidation sites excluding steroid dienone is 2. The van der Waals surface area contributed by atoms with E-state index in [1.165, 1.54) is 0 Å². The molecule has 1 aliphatic heterocycles. The van der Waals surface area contributed by atoms with E-state index in [0.717, 1.165) is 0 Å². The normalized spacial score (nSPS) is 18.1. The summed E-state index contributed by atoms with van der Waals surface area (Å²) in [6, 6.07) is 0. The topological polar surface area (TPSA) is 9.23 Å². The maximum Gasteiger partial charge on any atom is 0.187 e. The summed E-state index contributed by atoms with van der Waals surface area (Å²) in [7, 11) is 0. The third-order valence-corrected chi connectivity index (χ3v) is 0.916. The van der Waals surface area contributed by atoms with Crippen molar-refractivity contribution in [3.63, 3.8) is 0 Å². The average Bonchev–Trinajstić information content (AvgIpc) is 1.69. The highest BCUT2D eigenvalue weighted by Gasteiger charge is 1.90. The Morgan fingerprint density at radius 3 is 2.86 bits per heavy atom. The van der Waals surface area contributed by atoms with Crippen LogP contribution in [0, 0.1) is 0 Å². The standard InChI is InChI=1S/C5H5ClO/c6-5-3-1-2-4-7-5/h1-3H,4H2. The first-order valence-electron chi connectivity index (χ1n) is 2.05. The van der Waals surface area contributed by atoms with Crippen LogP contribution in [0.3, 0.4) is 0 Å². The maximum absolute atomic E-state index is 5.40. The van der Waals surface area contributed by atoms with Crippen molar-refractivity contribution in [3.8, 4) is 0 Å². The van der Waals surface area contributed by atoms with Gasteiger partial charge in [-0.05, 0) is 23.8 Å². The smallest absolute Gasteiger partial charge is 0.187 e. The van der Waals surface area contributed by atoms with E-state index in [1.54, 1.807) is 6.08 Å². The summed E-state index contributed by atoms with van der Waals surface area (Å²) in [6.07, 6.45) is 5.47. The molecule has 0 radical (unpaired) electrons. The molecule has 1 heterocycles. The molecule has 0 saturated carbocycles. The first-order valence-corrected chi connectivity index (χ1v) is 2.42. The minimum Gasteiger partial charge on any atom is -0.479 e. The van der Waals surface area contributed by atoms with E-state index < -0.39 is 0 Å². The summed E-state index contributed by atoms with van der Waals surface area (Å²) in [4.78, 5) is 0. The van der Waals surface area contributed by atoms with Crippen molar-refractivity contribution in [1.29, 1.82) is 0 Å².